The molecule has 0 fully saturated rings. The van der Waals surface area contributed by atoms with Crippen LogP contribution < -0.4 is 0 Å². The smallest absolute Gasteiger partial charge is 0.338 e. The van der Waals surface area contributed by atoms with Crippen molar-refractivity contribution in [2.24, 2.45) is 0 Å². The first-order valence-corrected chi connectivity index (χ1v) is 6.83. The molecule has 5 heteroatoms. The lowest BCUT2D eigenvalue weighted by molar-refractivity contribution is -0.137. The predicted octanol–water partition coefficient (Wildman–Crippen LogP) is 1.99. The van der Waals surface area contributed by atoms with Crippen molar-refractivity contribution < 1.29 is 23.8 Å². The van der Waals surface area contributed by atoms with Crippen molar-refractivity contribution in [3.05, 3.63) is 41.0 Å². The molecule has 1 aliphatic heterocycles. The molecule has 5 nitrogen and oxygen atoms in total. The van der Waals surface area contributed by atoms with Gasteiger partial charge in [0, 0.05) is 6.08 Å². The summed E-state index contributed by atoms with van der Waals surface area (Å²) < 4.78 is 15.3. The number of carbonyl (C=O) groups excluding carboxylic acids is 2. The Morgan fingerprint density at radius 1 is 1.38 bits per heavy atom. The molecule has 0 radical (unpaired) electrons. The molecule has 0 N–H and O–H groups in total. The van der Waals surface area contributed by atoms with Crippen molar-refractivity contribution in [2.75, 3.05) is 26.9 Å². The van der Waals surface area contributed by atoms with Gasteiger partial charge in [-0.05, 0) is 36.1 Å². The fraction of sp³-hybridized carbons (Fsp3) is 0.375. The van der Waals surface area contributed by atoms with Crippen molar-refractivity contribution in [2.45, 2.75) is 13.3 Å². The van der Waals surface area contributed by atoms with Crippen molar-refractivity contribution in [3.63, 3.8) is 0 Å². The Morgan fingerprint density at radius 2 is 2.19 bits per heavy atom. The van der Waals surface area contributed by atoms with Crippen LogP contribution in [0.25, 0.3) is 5.57 Å². The van der Waals surface area contributed by atoms with Crippen LogP contribution in [0.15, 0.2) is 24.3 Å². The maximum absolute atomic E-state index is 11.9. The molecule has 1 aromatic rings. The zero-order valence-corrected chi connectivity index (χ0v) is 12.2. The summed E-state index contributed by atoms with van der Waals surface area (Å²) in [6.45, 7) is 2.85. The molecule has 1 heterocycles. The predicted molar refractivity (Wildman–Crippen MR) is 76.9 cm³/mol. The number of hydrogen-bond donors (Lipinski definition) is 0. The second kappa shape index (κ2) is 7.04. The van der Waals surface area contributed by atoms with Crippen molar-refractivity contribution in [3.8, 4) is 0 Å². The van der Waals surface area contributed by atoms with E-state index in [4.69, 9.17) is 14.2 Å². The number of methoxy groups -OCH3 is 1. The average molecular weight is 290 g/mol. The molecule has 0 bridgehead atoms. The van der Waals surface area contributed by atoms with E-state index >= 15 is 0 Å². The van der Waals surface area contributed by atoms with Gasteiger partial charge in [0.25, 0.3) is 0 Å². The number of carbonyl (C=O) groups is 2. The molecule has 1 aromatic carbocycles. The number of ether oxygens (including phenoxy) is 3. The molecule has 0 atom stereocenters. The molecule has 0 saturated heterocycles. The van der Waals surface area contributed by atoms with Crippen molar-refractivity contribution >= 4 is 17.5 Å². The minimum absolute atomic E-state index is 0.264. The standard InChI is InChI=1S/C16H18O5/c1-3-21-14(17)9-12-10-20-8-7-11-5-4-6-13(15(11)12)16(18)19-2/h4-6,9H,3,7-8,10H2,1-2H3/b12-9+. The summed E-state index contributed by atoms with van der Waals surface area (Å²) in [7, 11) is 1.34. The zero-order chi connectivity index (χ0) is 15.2. The Balaban J connectivity index is 2.52. The van der Waals surface area contributed by atoms with Gasteiger partial charge in [0.1, 0.15) is 0 Å². The van der Waals surface area contributed by atoms with Gasteiger partial charge in [0.15, 0.2) is 0 Å². The Labute approximate surface area is 123 Å². The summed E-state index contributed by atoms with van der Waals surface area (Å²) in [5.74, 6) is -0.868. The molecule has 2 rings (SSSR count). The minimum atomic E-state index is -0.441. The van der Waals surface area contributed by atoms with Gasteiger partial charge in [0.05, 0.1) is 32.5 Å². The number of fused-ring (bicyclic) bond motifs is 1. The molecular formula is C16H18O5. The molecule has 0 unspecified atom stereocenters. The third kappa shape index (κ3) is 3.49. The molecule has 21 heavy (non-hydrogen) atoms. The maximum Gasteiger partial charge on any atom is 0.338 e. The van der Waals surface area contributed by atoms with Crippen LogP contribution in [0.2, 0.25) is 0 Å². The van der Waals surface area contributed by atoms with Gasteiger partial charge in [-0.3, -0.25) is 0 Å². The molecule has 0 amide bonds. The Kier molecular flexibility index (Phi) is 5.11. The largest absolute Gasteiger partial charge is 0.465 e. The lowest BCUT2D eigenvalue weighted by Crippen LogP contribution is -2.10. The molecule has 1 aliphatic rings. The van der Waals surface area contributed by atoms with E-state index in [0.717, 1.165) is 11.1 Å². The lowest BCUT2D eigenvalue weighted by Gasteiger charge is -2.13. The fourth-order valence-electron chi connectivity index (χ4n) is 2.34. The highest BCUT2D eigenvalue weighted by Crippen LogP contribution is 2.28. The van der Waals surface area contributed by atoms with Crippen LogP contribution in [-0.4, -0.2) is 38.9 Å². The number of hydrogen-bond acceptors (Lipinski definition) is 5. The van der Waals surface area contributed by atoms with E-state index in [9.17, 15) is 9.59 Å². The molecule has 0 aromatic heterocycles. The van der Waals surface area contributed by atoms with E-state index in [0.29, 0.717) is 30.8 Å². The van der Waals surface area contributed by atoms with Crippen LogP contribution in [0.1, 0.15) is 28.4 Å². The third-order valence-electron chi connectivity index (χ3n) is 3.23. The Hall–Kier alpha value is -2.14. The highest BCUT2D eigenvalue weighted by molar-refractivity contribution is 6.00. The van der Waals surface area contributed by atoms with E-state index in [1.165, 1.54) is 13.2 Å². The van der Waals surface area contributed by atoms with E-state index in [2.05, 4.69) is 0 Å². The molecular weight excluding hydrogens is 272 g/mol. The van der Waals surface area contributed by atoms with Crippen LogP contribution in [0.4, 0.5) is 0 Å². The SMILES string of the molecule is CCOC(=O)/C=C1\COCCc2cccc(C(=O)OC)c21. The van der Waals surface area contributed by atoms with Crippen LogP contribution in [0.3, 0.4) is 0 Å². The van der Waals surface area contributed by atoms with E-state index in [1.54, 1.807) is 19.1 Å². The molecule has 0 spiro atoms. The first-order valence-electron chi connectivity index (χ1n) is 6.83. The summed E-state index contributed by atoms with van der Waals surface area (Å²) in [6.07, 6.45) is 2.07. The summed E-state index contributed by atoms with van der Waals surface area (Å²) in [6, 6.07) is 5.42. The van der Waals surface area contributed by atoms with Crippen LogP contribution in [-0.2, 0) is 25.4 Å². The minimum Gasteiger partial charge on any atom is -0.465 e. The summed E-state index contributed by atoms with van der Waals surface area (Å²) in [4.78, 5) is 23.7. The van der Waals surface area contributed by atoms with E-state index in [-0.39, 0.29) is 6.61 Å². The number of esters is 2. The highest BCUT2D eigenvalue weighted by Gasteiger charge is 2.21. The summed E-state index contributed by atoms with van der Waals surface area (Å²) in [5, 5.41) is 0. The van der Waals surface area contributed by atoms with Gasteiger partial charge >= 0.3 is 11.9 Å². The normalized spacial score (nSPS) is 16.0. The van der Waals surface area contributed by atoms with Gasteiger partial charge in [-0.15, -0.1) is 0 Å². The van der Waals surface area contributed by atoms with Gasteiger partial charge in [-0.25, -0.2) is 9.59 Å². The zero-order valence-electron chi connectivity index (χ0n) is 12.2. The third-order valence-corrected chi connectivity index (χ3v) is 3.23. The highest BCUT2D eigenvalue weighted by atomic mass is 16.5. The first-order chi connectivity index (χ1) is 10.2. The van der Waals surface area contributed by atoms with Crippen LogP contribution >= 0.6 is 0 Å². The monoisotopic (exact) mass is 290 g/mol. The summed E-state index contributed by atoms with van der Waals surface area (Å²) in [5.41, 5.74) is 2.76. The average Bonchev–Trinajstić information content (AvgIpc) is 2.69. The first kappa shape index (κ1) is 15.3. The van der Waals surface area contributed by atoms with E-state index in [1.807, 2.05) is 6.07 Å². The Morgan fingerprint density at radius 3 is 2.90 bits per heavy atom. The van der Waals surface area contributed by atoms with Crippen molar-refractivity contribution in [1.82, 2.24) is 0 Å². The molecule has 0 aliphatic carbocycles. The second-order valence-electron chi connectivity index (χ2n) is 4.56. The van der Waals surface area contributed by atoms with Crippen LogP contribution in [0, 0.1) is 0 Å². The molecule has 112 valence electrons. The summed E-state index contributed by atoms with van der Waals surface area (Å²) >= 11 is 0. The van der Waals surface area contributed by atoms with Gasteiger partial charge in [-0.2, -0.15) is 0 Å². The second-order valence-corrected chi connectivity index (χ2v) is 4.56. The number of rotatable bonds is 3. The van der Waals surface area contributed by atoms with Crippen LogP contribution in [0.5, 0.6) is 0 Å². The fourth-order valence-corrected chi connectivity index (χ4v) is 2.34. The van der Waals surface area contributed by atoms with E-state index < -0.39 is 11.9 Å². The topological polar surface area (TPSA) is 61.8 Å². The Bertz CT molecular complexity index is 574. The quantitative estimate of drug-likeness (QED) is 0.629. The van der Waals surface area contributed by atoms with Crippen molar-refractivity contribution in [1.29, 1.82) is 0 Å². The van der Waals surface area contributed by atoms with Gasteiger partial charge < -0.3 is 14.2 Å². The van der Waals surface area contributed by atoms with Gasteiger partial charge in [0.2, 0.25) is 0 Å². The maximum atomic E-state index is 11.9. The molecule has 0 saturated carbocycles. The number of benzene rings is 1. The van der Waals surface area contributed by atoms with Gasteiger partial charge in [-0.1, -0.05) is 12.1 Å². The lowest BCUT2D eigenvalue weighted by atomic mass is 9.93.